The van der Waals surface area contributed by atoms with Crippen molar-refractivity contribution < 1.29 is 4.74 Å². The third kappa shape index (κ3) is 5.81. The number of halogens is 1. The number of anilines is 1. The van der Waals surface area contributed by atoms with E-state index in [2.05, 4.69) is 29.4 Å². The van der Waals surface area contributed by atoms with E-state index in [1.807, 2.05) is 53.9 Å². The fourth-order valence-corrected chi connectivity index (χ4v) is 3.23. The minimum Gasteiger partial charge on any atom is -0.493 e. The van der Waals surface area contributed by atoms with Gasteiger partial charge in [0.1, 0.15) is 5.75 Å². The Kier molecular flexibility index (Phi) is 6.85. The monoisotopic (exact) mass is 399 g/mol. The molecule has 0 spiro atoms. The molecular weight excluding hydrogens is 378 g/mol. The first kappa shape index (κ1) is 19.4. The second-order valence-corrected chi connectivity index (χ2v) is 7.78. The first-order chi connectivity index (χ1) is 13.1. The Morgan fingerprint density at radius 2 is 2.04 bits per heavy atom. The predicted octanol–water partition coefficient (Wildman–Crippen LogP) is 6.33. The molecule has 1 heterocycles. The van der Waals surface area contributed by atoms with Gasteiger partial charge in [-0.15, -0.1) is 11.3 Å². The maximum Gasteiger partial charge on any atom is 0.203 e. The largest absolute Gasteiger partial charge is 0.493 e. The zero-order valence-electron chi connectivity index (χ0n) is 15.4. The van der Waals surface area contributed by atoms with Gasteiger partial charge in [-0.05, 0) is 30.5 Å². The van der Waals surface area contributed by atoms with Gasteiger partial charge >= 0.3 is 0 Å². The van der Waals surface area contributed by atoms with E-state index in [1.54, 1.807) is 6.21 Å². The molecule has 0 bridgehead atoms. The Labute approximate surface area is 168 Å². The maximum atomic E-state index is 6.12. The Bertz CT molecular complexity index is 893. The lowest BCUT2D eigenvalue weighted by Gasteiger charge is -2.10. The lowest BCUT2D eigenvalue weighted by molar-refractivity contribution is 0.289. The van der Waals surface area contributed by atoms with Crippen molar-refractivity contribution in [3.05, 3.63) is 64.5 Å². The normalized spacial score (nSPS) is 11.3. The minimum absolute atomic E-state index is 0.597. The standard InChI is InChI=1S/C21H22ClN3OS/c1-15(2)10-11-26-20-9-8-18(22)12-17(20)13-23-25-21-24-19(14-27-21)16-6-4-3-5-7-16/h3-9,12-15H,10-11H2,1-2H3,(H,24,25). The van der Waals surface area contributed by atoms with Gasteiger partial charge in [-0.25, -0.2) is 4.98 Å². The Morgan fingerprint density at radius 1 is 1.22 bits per heavy atom. The van der Waals surface area contributed by atoms with Gasteiger partial charge in [0.05, 0.1) is 18.5 Å². The van der Waals surface area contributed by atoms with Crippen LogP contribution < -0.4 is 10.2 Å². The van der Waals surface area contributed by atoms with Gasteiger partial charge in [-0.3, -0.25) is 5.43 Å². The molecule has 3 rings (SSSR count). The summed E-state index contributed by atoms with van der Waals surface area (Å²) in [5.74, 6) is 1.37. The molecule has 3 aromatic rings. The molecule has 0 unspecified atom stereocenters. The van der Waals surface area contributed by atoms with Crippen LogP contribution in [0.15, 0.2) is 59.0 Å². The molecule has 0 fully saturated rings. The molecule has 0 aliphatic carbocycles. The van der Waals surface area contributed by atoms with Crippen LogP contribution in [-0.4, -0.2) is 17.8 Å². The molecule has 0 aliphatic rings. The third-order valence-electron chi connectivity index (χ3n) is 3.86. The molecule has 2 aromatic carbocycles. The Hall–Kier alpha value is -2.37. The average Bonchev–Trinajstić information content (AvgIpc) is 3.13. The molecule has 27 heavy (non-hydrogen) atoms. The fraction of sp³-hybridized carbons (Fsp3) is 0.238. The Morgan fingerprint density at radius 3 is 2.81 bits per heavy atom. The van der Waals surface area contributed by atoms with Crippen LogP contribution in [0, 0.1) is 5.92 Å². The summed E-state index contributed by atoms with van der Waals surface area (Å²) in [5.41, 5.74) is 5.83. The summed E-state index contributed by atoms with van der Waals surface area (Å²) in [6.07, 6.45) is 2.71. The number of benzene rings is 2. The van der Waals surface area contributed by atoms with E-state index >= 15 is 0 Å². The van der Waals surface area contributed by atoms with E-state index < -0.39 is 0 Å². The highest BCUT2D eigenvalue weighted by molar-refractivity contribution is 7.14. The van der Waals surface area contributed by atoms with Gasteiger partial charge in [-0.1, -0.05) is 55.8 Å². The average molecular weight is 400 g/mol. The molecule has 0 saturated heterocycles. The number of aromatic nitrogens is 1. The second-order valence-electron chi connectivity index (χ2n) is 6.49. The minimum atomic E-state index is 0.597. The summed E-state index contributed by atoms with van der Waals surface area (Å²) in [6, 6.07) is 15.6. The van der Waals surface area contributed by atoms with Crippen LogP contribution in [-0.2, 0) is 0 Å². The van der Waals surface area contributed by atoms with Gasteiger partial charge in [0, 0.05) is 21.5 Å². The van der Waals surface area contributed by atoms with E-state index in [-0.39, 0.29) is 0 Å². The zero-order chi connectivity index (χ0) is 19.1. The van der Waals surface area contributed by atoms with Crippen molar-refractivity contribution in [1.82, 2.24) is 4.98 Å². The summed E-state index contributed by atoms with van der Waals surface area (Å²) in [5, 5.41) is 7.68. The number of hydrazone groups is 1. The van der Waals surface area contributed by atoms with Crippen molar-refractivity contribution in [2.75, 3.05) is 12.0 Å². The molecule has 6 heteroatoms. The van der Waals surface area contributed by atoms with Crippen molar-refractivity contribution in [3.8, 4) is 17.0 Å². The molecule has 1 N–H and O–H groups in total. The maximum absolute atomic E-state index is 6.12. The first-order valence-electron chi connectivity index (χ1n) is 8.84. The topological polar surface area (TPSA) is 46.5 Å². The molecule has 4 nitrogen and oxygen atoms in total. The first-order valence-corrected chi connectivity index (χ1v) is 10.1. The molecule has 140 valence electrons. The van der Waals surface area contributed by atoms with Crippen molar-refractivity contribution in [1.29, 1.82) is 0 Å². The van der Waals surface area contributed by atoms with Gasteiger partial charge in [0.2, 0.25) is 5.13 Å². The van der Waals surface area contributed by atoms with Crippen molar-refractivity contribution >= 4 is 34.3 Å². The van der Waals surface area contributed by atoms with Crippen LogP contribution >= 0.6 is 22.9 Å². The van der Waals surface area contributed by atoms with E-state index in [0.29, 0.717) is 17.5 Å². The number of nitrogens with zero attached hydrogens (tertiary/aromatic N) is 2. The summed E-state index contributed by atoms with van der Waals surface area (Å²) < 4.78 is 5.88. The molecular formula is C21H22ClN3OS. The highest BCUT2D eigenvalue weighted by Crippen LogP contribution is 2.25. The molecule has 0 saturated carbocycles. The van der Waals surface area contributed by atoms with Crippen LogP contribution in [0.25, 0.3) is 11.3 Å². The molecule has 0 radical (unpaired) electrons. The van der Waals surface area contributed by atoms with Crippen LogP contribution in [0.1, 0.15) is 25.8 Å². The highest BCUT2D eigenvalue weighted by Gasteiger charge is 2.05. The van der Waals surface area contributed by atoms with Crippen LogP contribution in [0.4, 0.5) is 5.13 Å². The number of thiazole rings is 1. The van der Waals surface area contributed by atoms with Gasteiger partial charge in [0.25, 0.3) is 0 Å². The fourth-order valence-electron chi connectivity index (χ4n) is 2.38. The second kappa shape index (κ2) is 9.53. The quantitative estimate of drug-likeness (QED) is 0.355. The van der Waals surface area contributed by atoms with Crippen molar-refractivity contribution in [3.63, 3.8) is 0 Å². The summed E-state index contributed by atoms with van der Waals surface area (Å²) in [6.45, 7) is 5.02. The van der Waals surface area contributed by atoms with Crippen molar-refractivity contribution in [2.45, 2.75) is 20.3 Å². The van der Waals surface area contributed by atoms with Gasteiger partial charge in [0.15, 0.2) is 0 Å². The highest BCUT2D eigenvalue weighted by atomic mass is 35.5. The van der Waals surface area contributed by atoms with E-state index in [4.69, 9.17) is 16.3 Å². The van der Waals surface area contributed by atoms with E-state index in [9.17, 15) is 0 Å². The molecule has 0 aliphatic heterocycles. The molecule has 0 atom stereocenters. The summed E-state index contributed by atoms with van der Waals surface area (Å²) >= 11 is 7.63. The SMILES string of the molecule is CC(C)CCOc1ccc(Cl)cc1C=NNc1nc(-c2ccccc2)cs1. The van der Waals surface area contributed by atoms with Crippen LogP contribution in [0.2, 0.25) is 5.02 Å². The molecule has 0 amide bonds. The molecule has 1 aromatic heterocycles. The smallest absolute Gasteiger partial charge is 0.203 e. The Balaban J connectivity index is 1.66. The summed E-state index contributed by atoms with van der Waals surface area (Å²) in [4.78, 5) is 4.56. The number of rotatable bonds is 8. The number of hydrogen-bond acceptors (Lipinski definition) is 5. The third-order valence-corrected chi connectivity index (χ3v) is 4.84. The van der Waals surface area contributed by atoms with Crippen molar-refractivity contribution in [2.24, 2.45) is 11.0 Å². The van der Waals surface area contributed by atoms with Gasteiger partial charge < -0.3 is 4.74 Å². The van der Waals surface area contributed by atoms with Crippen LogP contribution in [0.5, 0.6) is 5.75 Å². The number of nitrogens with one attached hydrogen (secondary N) is 1. The summed E-state index contributed by atoms with van der Waals surface area (Å²) in [7, 11) is 0. The lowest BCUT2D eigenvalue weighted by atomic mass is 10.1. The van der Waals surface area contributed by atoms with Gasteiger partial charge in [-0.2, -0.15) is 5.10 Å². The predicted molar refractivity (Wildman–Crippen MR) is 115 cm³/mol. The number of hydrogen-bond donors (Lipinski definition) is 1. The zero-order valence-corrected chi connectivity index (χ0v) is 16.9. The van der Waals surface area contributed by atoms with Crippen LogP contribution in [0.3, 0.4) is 0 Å². The lowest BCUT2D eigenvalue weighted by Crippen LogP contribution is -2.03. The van der Waals surface area contributed by atoms with E-state index in [0.717, 1.165) is 34.1 Å². The number of ether oxygens (including phenoxy) is 1. The van der Waals surface area contributed by atoms with E-state index in [1.165, 1.54) is 11.3 Å².